The van der Waals surface area contributed by atoms with Gasteiger partial charge in [-0.25, -0.2) is 0 Å². The molecule has 16 heavy (non-hydrogen) atoms. The summed E-state index contributed by atoms with van der Waals surface area (Å²) in [6.07, 6.45) is 3.74. The van der Waals surface area contributed by atoms with Crippen LogP contribution in [0.4, 0.5) is 0 Å². The van der Waals surface area contributed by atoms with Crippen molar-refractivity contribution in [2.24, 2.45) is 7.05 Å². The number of hydrogen-bond donors (Lipinski definition) is 0. The van der Waals surface area contributed by atoms with Crippen molar-refractivity contribution in [1.82, 2.24) is 24.5 Å². The van der Waals surface area contributed by atoms with Crippen LogP contribution in [0.25, 0.3) is 11.4 Å². The first kappa shape index (κ1) is 10.9. The van der Waals surface area contributed by atoms with E-state index in [1.54, 1.807) is 11.0 Å². The number of rotatable bonds is 1. The first-order chi connectivity index (χ1) is 7.39. The van der Waals surface area contributed by atoms with Crippen molar-refractivity contribution >= 4 is 0 Å². The lowest BCUT2D eigenvalue weighted by Gasteiger charge is -2.21. The molecule has 2 aromatic heterocycles. The molecule has 0 fully saturated rings. The first-order valence-corrected chi connectivity index (χ1v) is 5.30. The smallest absolute Gasteiger partial charge is 0.167 e. The number of hydrogen-bond acceptors (Lipinski definition) is 3. The van der Waals surface area contributed by atoms with Crippen LogP contribution in [0.5, 0.6) is 0 Å². The number of nitrogens with zero attached hydrogens (tertiary/aromatic N) is 5. The van der Waals surface area contributed by atoms with E-state index in [9.17, 15) is 0 Å². The van der Waals surface area contributed by atoms with Gasteiger partial charge in [0, 0.05) is 18.8 Å². The van der Waals surface area contributed by atoms with Crippen molar-refractivity contribution < 1.29 is 0 Å². The van der Waals surface area contributed by atoms with Crippen LogP contribution in [0, 0.1) is 6.92 Å². The second-order valence-corrected chi connectivity index (χ2v) is 5.00. The van der Waals surface area contributed by atoms with Crippen LogP contribution in [-0.2, 0) is 12.6 Å². The molecule has 0 N–H and O–H groups in total. The minimum atomic E-state index is -0.0267. The molecule has 0 atom stereocenters. The second kappa shape index (κ2) is 3.43. The van der Waals surface area contributed by atoms with Crippen LogP contribution < -0.4 is 0 Å². The molecule has 2 heterocycles. The van der Waals surface area contributed by atoms with E-state index in [4.69, 9.17) is 0 Å². The maximum atomic E-state index is 4.33. The van der Waals surface area contributed by atoms with Gasteiger partial charge >= 0.3 is 0 Å². The van der Waals surface area contributed by atoms with Gasteiger partial charge in [0.1, 0.15) is 6.33 Å². The van der Waals surface area contributed by atoms with Gasteiger partial charge in [-0.2, -0.15) is 5.10 Å². The Morgan fingerprint density at radius 3 is 2.44 bits per heavy atom. The Labute approximate surface area is 95.1 Å². The van der Waals surface area contributed by atoms with Crippen molar-refractivity contribution in [3.05, 3.63) is 18.2 Å². The fourth-order valence-corrected chi connectivity index (χ4v) is 1.73. The summed E-state index contributed by atoms with van der Waals surface area (Å²) < 4.78 is 3.86. The molecule has 0 unspecified atom stereocenters. The van der Waals surface area contributed by atoms with Crippen molar-refractivity contribution in [1.29, 1.82) is 0 Å². The van der Waals surface area contributed by atoms with Crippen molar-refractivity contribution in [2.45, 2.75) is 33.2 Å². The molecule has 0 spiro atoms. The van der Waals surface area contributed by atoms with E-state index >= 15 is 0 Å². The Morgan fingerprint density at radius 2 is 1.94 bits per heavy atom. The molecule has 0 saturated carbocycles. The summed E-state index contributed by atoms with van der Waals surface area (Å²) in [5.41, 5.74) is 1.98. The molecule has 0 saturated heterocycles. The van der Waals surface area contributed by atoms with Gasteiger partial charge < -0.3 is 4.57 Å². The van der Waals surface area contributed by atoms with E-state index < -0.39 is 0 Å². The van der Waals surface area contributed by atoms with E-state index in [1.165, 1.54) is 0 Å². The number of aryl methyl sites for hydroxylation is 2. The van der Waals surface area contributed by atoms with Gasteiger partial charge in [-0.15, -0.1) is 10.2 Å². The summed E-state index contributed by atoms with van der Waals surface area (Å²) in [4.78, 5) is 0. The zero-order valence-electron chi connectivity index (χ0n) is 10.4. The normalized spacial score (nSPS) is 12.1. The third kappa shape index (κ3) is 1.73. The highest BCUT2D eigenvalue weighted by molar-refractivity contribution is 5.57. The third-order valence-electron chi connectivity index (χ3n) is 2.52. The van der Waals surface area contributed by atoms with Gasteiger partial charge in [-0.1, -0.05) is 0 Å². The Balaban J connectivity index is 2.57. The molecule has 0 aliphatic carbocycles. The molecule has 2 rings (SSSR count). The molecular formula is C11H17N5. The van der Waals surface area contributed by atoms with Crippen molar-refractivity contribution in [3.63, 3.8) is 0 Å². The van der Waals surface area contributed by atoms with Crippen molar-refractivity contribution in [3.8, 4) is 11.4 Å². The largest absolute Gasteiger partial charge is 0.308 e. The molecule has 0 amide bonds. The molecule has 5 heteroatoms. The predicted molar refractivity (Wildman–Crippen MR) is 62.0 cm³/mol. The lowest BCUT2D eigenvalue weighted by atomic mass is 10.1. The summed E-state index contributed by atoms with van der Waals surface area (Å²) in [5.74, 6) is 0.873. The molecule has 0 radical (unpaired) electrons. The Bertz CT molecular complexity index is 501. The monoisotopic (exact) mass is 219 g/mol. The van der Waals surface area contributed by atoms with Gasteiger partial charge in [0.25, 0.3) is 0 Å². The van der Waals surface area contributed by atoms with E-state index in [0.29, 0.717) is 0 Å². The summed E-state index contributed by atoms with van der Waals surface area (Å²) >= 11 is 0. The summed E-state index contributed by atoms with van der Waals surface area (Å²) in [6.45, 7) is 8.37. The Kier molecular flexibility index (Phi) is 2.33. The molecule has 0 aromatic carbocycles. The third-order valence-corrected chi connectivity index (χ3v) is 2.52. The van der Waals surface area contributed by atoms with Crippen LogP contribution in [0.15, 0.2) is 12.5 Å². The van der Waals surface area contributed by atoms with Gasteiger partial charge in [0.15, 0.2) is 5.82 Å². The van der Waals surface area contributed by atoms with Crippen LogP contribution in [0.1, 0.15) is 26.5 Å². The molecule has 0 aliphatic heterocycles. The maximum absolute atomic E-state index is 4.33. The van der Waals surface area contributed by atoms with Crippen LogP contribution in [-0.4, -0.2) is 24.5 Å². The van der Waals surface area contributed by atoms with Crippen LogP contribution >= 0.6 is 0 Å². The molecule has 2 aromatic rings. The summed E-state index contributed by atoms with van der Waals surface area (Å²) in [5, 5.41) is 12.5. The number of aromatic nitrogens is 5. The topological polar surface area (TPSA) is 48.5 Å². The van der Waals surface area contributed by atoms with Gasteiger partial charge in [0.05, 0.1) is 11.3 Å². The zero-order chi connectivity index (χ0) is 11.9. The predicted octanol–water partition coefficient (Wildman–Crippen LogP) is 1.74. The second-order valence-electron chi connectivity index (χ2n) is 5.00. The van der Waals surface area contributed by atoms with Gasteiger partial charge in [-0.05, 0) is 27.7 Å². The molecule has 0 bridgehead atoms. The molecule has 86 valence electrons. The average Bonchev–Trinajstić information content (AvgIpc) is 2.69. The van der Waals surface area contributed by atoms with Gasteiger partial charge in [-0.3, -0.25) is 4.68 Å². The molecular weight excluding hydrogens is 202 g/mol. The van der Waals surface area contributed by atoms with E-state index in [1.807, 2.05) is 20.2 Å². The Morgan fingerprint density at radius 1 is 1.25 bits per heavy atom. The SMILES string of the molecule is Cc1nn(C)cc1-c1nncn1C(C)(C)C. The highest BCUT2D eigenvalue weighted by Gasteiger charge is 2.20. The zero-order valence-corrected chi connectivity index (χ0v) is 10.4. The minimum absolute atomic E-state index is 0.0267. The molecule has 5 nitrogen and oxygen atoms in total. The van der Waals surface area contributed by atoms with Crippen molar-refractivity contribution in [2.75, 3.05) is 0 Å². The van der Waals surface area contributed by atoms with E-state index in [2.05, 4.69) is 40.6 Å². The summed E-state index contributed by atoms with van der Waals surface area (Å²) in [6, 6.07) is 0. The minimum Gasteiger partial charge on any atom is -0.308 e. The standard InChI is InChI=1S/C11H17N5/c1-8-9(6-15(5)14-8)10-13-12-7-16(10)11(2,3)4/h6-7H,1-5H3. The van der Waals surface area contributed by atoms with Gasteiger partial charge in [0.2, 0.25) is 0 Å². The Hall–Kier alpha value is -1.65. The fraction of sp³-hybridized carbons (Fsp3) is 0.545. The van der Waals surface area contributed by atoms with Crippen LogP contribution in [0.3, 0.4) is 0 Å². The van der Waals surface area contributed by atoms with Crippen LogP contribution in [0.2, 0.25) is 0 Å². The quantitative estimate of drug-likeness (QED) is 0.734. The maximum Gasteiger partial charge on any atom is 0.167 e. The highest BCUT2D eigenvalue weighted by atomic mass is 15.3. The highest BCUT2D eigenvalue weighted by Crippen LogP contribution is 2.25. The summed E-state index contributed by atoms with van der Waals surface area (Å²) in [7, 11) is 1.91. The van der Waals surface area contributed by atoms with E-state index in [0.717, 1.165) is 17.1 Å². The molecule has 0 aliphatic rings. The average molecular weight is 219 g/mol. The first-order valence-electron chi connectivity index (χ1n) is 5.30. The lowest BCUT2D eigenvalue weighted by molar-refractivity contribution is 0.399. The lowest BCUT2D eigenvalue weighted by Crippen LogP contribution is -2.21. The fourth-order valence-electron chi connectivity index (χ4n) is 1.73. The van der Waals surface area contributed by atoms with E-state index in [-0.39, 0.29) is 5.54 Å².